The van der Waals surface area contributed by atoms with E-state index >= 15 is 0 Å². The standard InChI is InChI=1S/C26H28N8O/c1-26(20-8-9-20,25-31-24(35-32-25)18-14-29-34(16-18)13-12-33(2)3)19-6-4-17(5-7-19)22-15-28-23-21(30-22)10-11-27-23/h4-7,10-11,14-16,20H,8-9,12-13H2,1-3H3,(H,27,28). The molecular formula is C26H28N8O. The van der Waals surface area contributed by atoms with Crippen LogP contribution in [-0.2, 0) is 12.0 Å². The molecular weight excluding hydrogens is 440 g/mol. The number of fused-ring (bicyclic) bond motifs is 1. The van der Waals surface area contributed by atoms with Crippen molar-refractivity contribution >= 4 is 11.2 Å². The third-order valence-corrected chi connectivity index (χ3v) is 6.98. The van der Waals surface area contributed by atoms with Crippen LogP contribution in [0.15, 0.2) is 59.6 Å². The molecule has 35 heavy (non-hydrogen) atoms. The topological polar surface area (TPSA) is 102 Å². The first-order valence-corrected chi connectivity index (χ1v) is 11.9. The molecule has 6 rings (SSSR count). The van der Waals surface area contributed by atoms with Crippen LogP contribution in [0.25, 0.3) is 33.9 Å². The summed E-state index contributed by atoms with van der Waals surface area (Å²) in [4.78, 5) is 19.2. The second kappa shape index (κ2) is 8.42. The Morgan fingerprint density at radius 1 is 1.09 bits per heavy atom. The van der Waals surface area contributed by atoms with Gasteiger partial charge < -0.3 is 14.4 Å². The molecule has 4 aromatic heterocycles. The molecule has 4 heterocycles. The zero-order valence-corrected chi connectivity index (χ0v) is 20.1. The van der Waals surface area contributed by atoms with Crippen molar-refractivity contribution in [1.82, 2.24) is 39.8 Å². The monoisotopic (exact) mass is 468 g/mol. The first kappa shape index (κ1) is 21.7. The fourth-order valence-corrected chi connectivity index (χ4v) is 4.62. The van der Waals surface area contributed by atoms with E-state index in [2.05, 4.69) is 56.3 Å². The highest BCUT2D eigenvalue weighted by Gasteiger charge is 2.47. The Labute approximate surface area is 203 Å². The summed E-state index contributed by atoms with van der Waals surface area (Å²) < 4.78 is 7.62. The van der Waals surface area contributed by atoms with Crippen LogP contribution in [-0.4, -0.2) is 60.4 Å². The molecule has 9 heteroatoms. The van der Waals surface area contributed by atoms with Gasteiger partial charge in [0, 0.05) is 24.5 Å². The Morgan fingerprint density at radius 2 is 1.91 bits per heavy atom. The minimum absolute atomic E-state index is 0.322. The van der Waals surface area contributed by atoms with Gasteiger partial charge in [-0.2, -0.15) is 10.1 Å². The van der Waals surface area contributed by atoms with Crippen molar-refractivity contribution in [2.75, 3.05) is 20.6 Å². The van der Waals surface area contributed by atoms with Crippen molar-refractivity contribution in [2.45, 2.75) is 31.7 Å². The van der Waals surface area contributed by atoms with E-state index in [0.717, 1.165) is 59.7 Å². The molecule has 178 valence electrons. The van der Waals surface area contributed by atoms with E-state index in [9.17, 15) is 0 Å². The molecule has 1 aliphatic carbocycles. The molecule has 0 bridgehead atoms. The predicted molar refractivity (Wildman–Crippen MR) is 133 cm³/mol. The number of nitrogens with one attached hydrogen (secondary N) is 1. The minimum atomic E-state index is -0.322. The van der Waals surface area contributed by atoms with E-state index in [1.807, 2.05) is 37.2 Å². The average Bonchev–Trinajstić information content (AvgIpc) is 3.26. The first-order valence-electron chi connectivity index (χ1n) is 11.9. The van der Waals surface area contributed by atoms with E-state index in [0.29, 0.717) is 11.8 Å². The lowest BCUT2D eigenvalue weighted by atomic mass is 9.77. The highest BCUT2D eigenvalue weighted by molar-refractivity contribution is 5.74. The number of aromatic nitrogens is 7. The van der Waals surface area contributed by atoms with E-state index in [-0.39, 0.29) is 5.41 Å². The molecule has 0 spiro atoms. The highest BCUT2D eigenvalue weighted by atomic mass is 16.5. The van der Waals surface area contributed by atoms with Crippen molar-refractivity contribution in [3.8, 4) is 22.7 Å². The molecule has 0 aliphatic heterocycles. The van der Waals surface area contributed by atoms with Crippen molar-refractivity contribution in [1.29, 1.82) is 0 Å². The second-order valence-corrected chi connectivity index (χ2v) is 9.74. The van der Waals surface area contributed by atoms with Crippen LogP contribution >= 0.6 is 0 Å². The third-order valence-electron chi connectivity index (χ3n) is 6.98. The van der Waals surface area contributed by atoms with Gasteiger partial charge in [-0.3, -0.25) is 4.68 Å². The number of aromatic amines is 1. The second-order valence-electron chi connectivity index (χ2n) is 9.74. The van der Waals surface area contributed by atoms with Crippen LogP contribution in [0.1, 0.15) is 31.2 Å². The average molecular weight is 469 g/mol. The molecule has 1 aromatic carbocycles. The summed E-state index contributed by atoms with van der Waals surface area (Å²) in [6.07, 6.45) is 9.72. The lowest BCUT2D eigenvalue weighted by molar-refractivity contribution is 0.373. The Bertz CT molecular complexity index is 1460. The molecule has 1 unspecified atom stereocenters. The molecule has 0 amide bonds. The zero-order valence-electron chi connectivity index (χ0n) is 20.1. The third kappa shape index (κ3) is 4.01. The van der Waals surface area contributed by atoms with Gasteiger partial charge in [0.05, 0.1) is 35.6 Å². The molecule has 1 saturated carbocycles. The minimum Gasteiger partial charge on any atom is -0.345 e. The molecule has 0 radical (unpaired) electrons. The number of benzene rings is 1. The maximum atomic E-state index is 5.72. The molecule has 1 N–H and O–H groups in total. The summed E-state index contributed by atoms with van der Waals surface area (Å²) in [5, 5.41) is 8.88. The molecule has 9 nitrogen and oxygen atoms in total. The maximum absolute atomic E-state index is 5.72. The zero-order chi connectivity index (χ0) is 24.0. The van der Waals surface area contributed by atoms with Gasteiger partial charge in [-0.05, 0) is 51.4 Å². The summed E-state index contributed by atoms with van der Waals surface area (Å²) in [7, 11) is 4.10. The summed E-state index contributed by atoms with van der Waals surface area (Å²) in [6, 6.07) is 10.5. The van der Waals surface area contributed by atoms with Gasteiger partial charge in [0.15, 0.2) is 11.5 Å². The smallest absolute Gasteiger partial charge is 0.261 e. The highest BCUT2D eigenvalue weighted by Crippen LogP contribution is 2.50. The summed E-state index contributed by atoms with van der Waals surface area (Å²) in [5.41, 5.74) is 5.23. The normalized spacial score (nSPS) is 15.7. The maximum Gasteiger partial charge on any atom is 0.261 e. The van der Waals surface area contributed by atoms with Crippen LogP contribution in [0.3, 0.4) is 0 Å². The lowest BCUT2D eigenvalue weighted by Gasteiger charge is -2.26. The lowest BCUT2D eigenvalue weighted by Crippen LogP contribution is -2.28. The fraction of sp³-hybridized carbons (Fsp3) is 0.346. The summed E-state index contributed by atoms with van der Waals surface area (Å²) in [5.74, 6) is 1.71. The van der Waals surface area contributed by atoms with Crippen LogP contribution in [0, 0.1) is 5.92 Å². The Morgan fingerprint density at radius 3 is 2.69 bits per heavy atom. The SMILES string of the molecule is CN(C)CCn1cc(-c2nc(C(C)(c3ccc(-c4cnc5[nH]ccc5n4)cc3)C3CC3)no2)cn1. The van der Waals surface area contributed by atoms with Gasteiger partial charge in [-0.25, -0.2) is 9.97 Å². The van der Waals surface area contributed by atoms with Gasteiger partial charge >= 0.3 is 0 Å². The van der Waals surface area contributed by atoms with Gasteiger partial charge in [0.1, 0.15) is 5.52 Å². The van der Waals surface area contributed by atoms with E-state index in [1.54, 1.807) is 12.4 Å². The Balaban J connectivity index is 1.28. The molecule has 1 aliphatic rings. The first-order chi connectivity index (χ1) is 17.0. The van der Waals surface area contributed by atoms with Crippen LogP contribution in [0.5, 0.6) is 0 Å². The van der Waals surface area contributed by atoms with Gasteiger partial charge in [0.25, 0.3) is 5.89 Å². The Kier molecular flexibility index (Phi) is 5.21. The largest absolute Gasteiger partial charge is 0.345 e. The number of H-pyrrole nitrogens is 1. The number of nitrogens with zero attached hydrogens (tertiary/aromatic N) is 7. The van der Waals surface area contributed by atoms with Crippen molar-refractivity contribution in [2.24, 2.45) is 5.92 Å². The van der Waals surface area contributed by atoms with Crippen molar-refractivity contribution in [3.05, 3.63) is 66.5 Å². The number of hydrogen-bond donors (Lipinski definition) is 1. The molecule has 1 fully saturated rings. The van der Waals surface area contributed by atoms with Crippen LogP contribution in [0.4, 0.5) is 0 Å². The van der Waals surface area contributed by atoms with Gasteiger partial charge in [-0.1, -0.05) is 29.4 Å². The molecule has 0 saturated heterocycles. The number of rotatable bonds is 8. The molecule has 1 atom stereocenters. The number of likely N-dealkylation sites (N-methyl/N-ethyl adjacent to an activating group) is 1. The predicted octanol–water partition coefficient (Wildman–Crippen LogP) is 4.15. The van der Waals surface area contributed by atoms with E-state index in [4.69, 9.17) is 14.5 Å². The van der Waals surface area contributed by atoms with Crippen LogP contribution < -0.4 is 0 Å². The Hall–Kier alpha value is -3.85. The van der Waals surface area contributed by atoms with E-state index < -0.39 is 0 Å². The number of hydrogen-bond acceptors (Lipinski definition) is 7. The fourth-order valence-electron chi connectivity index (χ4n) is 4.62. The molecule has 5 aromatic rings. The van der Waals surface area contributed by atoms with Crippen molar-refractivity contribution in [3.63, 3.8) is 0 Å². The summed E-state index contributed by atoms with van der Waals surface area (Å²) in [6.45, 7) is 3.94. The van der Waals surface area contributed by atoms with Crippen LogP contribution in [0.2, 0.25) is 0 Å². The van der Waals surface area contributed by atoms with Gasteiger partial charge in [-0.15, -0.1) is 0 Å². The van der Waals surface area contributed by atoms with E-state index in [1.165, 1.54) is 5.56 Å². The van der Waals surface area contributed by atoms with Crippen molar-refractivity contribution < 1.29 is 4.52 Å². The van der Waals surface area contributed by atoms with Gasteiger partial charge in [0.2, 0.25) is 0 Å². The quantitative estimate of drug-likeness (QED) is 0.365. The summed E-state index contributed by atoms with van der Waals surface area (Å²) >= 11 is 0.